The maximum absolute atomic E-state index is 12.0. The standard InChI is InChI=1S/C14H15N3O4S/c1-20-9-3-4-10(11(7-9)21-2)16-12(18)8-22-13-5-6-15-14(19)17-13/h3-7H,8H2,1-2H3,(H,16,18)(H,15,17,19). The Balaban J connectivity index is 1.98. The van der Waals surface area contributed by atoms with Gasteiger partial charge in [0.1, 0.15) is 11.5 Å². The fourth-order valence-electron chi connectivity index (χ4n) is 1.67. The van der Waals surface area contributed by atoms with Crippen LogP contribution in [0.4, 0.5) is 5.69 Å². The molecule has 7 nitrogen and oxygen atoms in total. The van der Waals surface area contributed by atoms with Gasteiger partial charge in [0.25, 0.3) is 0 Å². The Morgan fingerprint density at radius 3 is 2.82 bits per heavy atom. The van der Waals surface area contributed by atoms with Crippen molar-refractivity contribution in [3.63, 3.8) is 0 Å². The number of anilines is 1. The molecule has 2 rings (SSSR count). The number of nitrogens with zero attached hydrogens (tertiary/aromatic N) is 1. The van der Waals surface area contributed by atoms with Gasteiger partial charge in [-0.2, -0.15) is 0 Å². The summed E-state index contributed by atoms with van der Waals surface area (Å²) in [4.78, 5) is 29.1. The van der Waals surface area contributed by atoms with Crippen molar-refractivity contribution < 1.29 is 14.3 Å². The van der Waals surface area contributed by atoms with Gasteiger partial charge in [-0.25, -0.2) is 9.78 Å². The van der Waals surface area contributed by atoms with Gasteiger partial charge in [0.05, 0.1) is 30.7 Å². The minimum Gasteiger partial charge on any atom is -0.497 e. The molecule has 0 saturated carbocycles. The Kier molecular flexibility index (Phi) is 5.42. The molecule has 0 aliphatic rings. The lowest BCUT2D eigenvalue weighted by Crippen LogP contribution is -2.15. The summed E-state index contributed by atoms with van der Waals surface area (Å²) in [5.74, 6) is 1.08. The van der Waals surface area contributed by atoms with E-state index < -0.39 is 5.69 Å². The summed E-state index contributed by atoms with van der Waals surface area (Å²) in [6, 6.07) is 6.75. The van der Waals surface area contributed by atoms with Crippen molar-refractivity contribution in [2.45, 2.75) is 5.03 Å². The molecule has 1 heterocycles. The van der Waals surface area contributed by atoms with Crippen LogP contribution in [-0.4, -0.2) is 35.8 Å². The third-order valence-electron chi connectivity index (χ3n) is 2.69. The summed E-state index contributed by atoms with van der Waals surface area (Å²) in [6.45, 7) is 0. The second kappa shape index (κ2) is 7.51. The van der Waals surface area contributed by atoms with Gasteiger partial charge in [-0.1, -0.05) is 11.8 Å². The number of H-pyrrole nitrogens is 1. The number of thioether (sulfide) groups is 1. The van der Waals surface area contributed by atoms with E-state index in [9.17, 15) is 9.59 Å². The monoisotopic (exact) mass is 321 g/mol. The van der Waals surface area contributed by atoms with Crippen LogP contribution in [0.1, 0.15) is 0 Å². The van der Waals surface area contributed by atoms with Crippen LogP contribution in [0.15, 0.2) is 40.3 Å². The Labute approximate surface area is 131 Å². The third-order valence-corrected chi connectivity index (χ3v) is 3.65. The van der Waals surface area contributed by atoms with E-state index in [-0.39, 0.29) is 11.7 Å². The molecule has 2 aromatic rings. The van der Waals surface area contributed by atoms with Crippen LogP contribution in [0, 0.1) is 0 Å². The number of nitrogens with one attached hydrogen (secondary N) is 2. The predicted molar refractivity (Wildman–Crippen MR) is 83.8 cm³/mol. The number of hydrogen-bond donors (Lipinski definition) is 2. The number of carbonyl (C=O) groups is 1. The van der Waals surface area contributed by atoms with E-state index in [0.717, 1.165) is 0 Å². The van der Waals surface area contributed by atoms with Crippen LogP contribution in [-0.2, 0) is 4.79 Å². The maximum atomic E-state index is 12.0. The molecule has 0 radical (unpaired) electrons. The van der Waals surface area contributed by atoms with Crippen LogP contribution in [0.5, 0.6) is 11.5 Å². The summed E-state index contributed by atoms with van der Waals surface area (Å²) < 4.78 is 10.3. The lowest BCUT2D eigenvalue weighted by atomic mass is 10.2. The van der Waals surface area contributed by atoms with E-state index in [4.69, 9.17) is 9.47 Å². The molecule has 0 unspecified atom stereocenters. The van der Waals surface area contributed by atoms with Crippen LogP contribution < -0.4 is 20.5 Å². The Bertz CT molecular complexity index is 717. The van der Waals surface area contributed by atoms with Gasteiger partial charge in [-0.05, 0) is 18.2 Å². The Morgan fingerprint density at radius 2 is 2.14 bits per heavy atom. The summed E-state index contributed by atoms with van der Waals surface area (Å²) in [7, 11) is 3.07. The molecule has 0 saturated heterocycles. The number of rotatable bonds is 6. The van der Waals surface area contributed by atoms with Crippen molar-refractivity contribution in [1.29, 1.82) is 0 Å². The highest BCUT2D eigenvalue weighted by molar-refractivity contribution is 7.99. The molecule has 0 bridgehead atoms. The second-order valence-electron chi connectivity index (χ2n) is 4.14. The molecule has 1 aromatic heterocycles. The van der Waals surface area contributed by atoms with Gasteiger partial charge in [-0.3, -0.25) is 4.79 Å². The number of methoxy groups -OCH3 is 2. The maximum Gasteiger partial charge on any atom is 0.345 e. The lowest BCUT2D eigenvalue weighted by Gasteiger charge is -2.11. The molecular weight excluding hydrogens is 306 g/mol. The Hall–Kier alpha value is -2.48. The average molecular weight is 321 g/mol. The molecule has 2 N–H and O–H groups in total. The molecule has 0 fully saturated rings. The summed E-state index contributed by atoms with van der Waals surface area (Å²) in [5.41, 5.74) is 0.111. The first kappa shape index (κ1) is 15.9. The second-order valence-corrected chi connectivity index (χ2v) is 5.16. The molecule has 1 aromatic carbocycles. The average Bonchev–Trinajstić information content (AvgIpc) is 2.53. The number of hydrogen-bond acceptors (Lipinski definition) is 6. The van der Waals surface area contributed by atoms with E-state index in [1.807, 2.05) is 0 Å². The van der Waals surface area contributed by atoms with E-state index >= 15 is 0 Å². The zero-order valence-electron chi connectivity index (χ0n) is 12.1. The van der Waals surface area contributed by atoms with Gasteiger partial charge < -0.3 is 19.8 Å². The molecule has 0 atom stereocenters. The number of aromatic nitrogens is 2. The Morgan fingerprint density at radius 1 is 1.32 bits per heavy atom. The van der Waals surface area contributed by atoms with Crippen LogP contribution in [0.25, 0.3) is 0 Å². The highest BCUT2D eigenvalue weighted by Gasteiger charge is 2.09. The van der Waals surface area contributed by atoms with Gasteiger partial charge in [0.15, 0.2) is 0 Å². The van der Waals surface area contributed by atoms with E-state index in [0.29, 0.717) is 22.2 Å². The van der Waals surface area contributed by atoms with Crippen molar-refractivity contribution in [2.75, 3.05) is 25.3 Å². The summed E-state index contributed by atoms with van der Waals surface area (Å²) in [6.07, 6.45) is 1.39. The largest absolute Gasteiger partial charge is 0.497 e. The molecule has 0 aliphatic heterocycles. The smallest absolute Gasteiger partial charge is 0.345 e. The van der Waals surface area contributed by atoms with Gasteiger partial charge >= 0.3 is 5.69 Å². The van der Waals surface area contributed by atoms with E-state index in [1.54, 1.807) is 31.4 Å². The number of ether oxygens (including phenoxy) is 2. The van der Waals surface area contributed by atoms with Gasteiger partial charge in [0.2, 0.25) is 5.91 Å². The minimum atomic E-state index is -0.442. The zero-order valence-corrected chi connectivity index (χ0v) is 12.9. The minimum absolute atomic E-state index is 0.148. The van der Waals surface area contributed by atoms with Crippen molar-refractivity contribution in [1.82, 2.24) is 9.97 Å². The fraction of sp³-hybridized carbons (Fsp3) is 0.214. The van der Waals surface area contributed by atoms with Gasteiger partial charge in [-0.15, -0.1) is 0 Å². The first-order chi connectivity index (χ1) is 10.6. The quantitative estimate of drug-likeness (QED) is 0.619. The molecule has 1 amide bonds. The SMILES string of the molecule is COc1ccc(NC(=O)CSc2ccnc(=O)[nH]2)c(OC)c1. The third kappa shape index (κ3) is 4.26. The van der Waals surface area contributed by atoms with Crippen molar-refractivity contribution >= 4 is 23.4 Å². The molecule has 22 heavy (non-hydrogen) atoms. The molecule has 0 spiro atoms. The normalized spacial score (nSPS) is 10.1. The van der Waals surface area contributed by atoms with Crippen LogP contribution in [0.3, 0.4) is 0 Å². The molecule has 116 valence electrons. The fourth-order valence-corrected chi connectivity index (χ4v) is 2.34. The van der Waals surface area contributed by atoms with Crippen LogP contribution in [0.2, 0.25) is 0 Å². The van der Waals surface area contributed by atoms with Crippen LogP contribution >= 0.6 is 11.8 Å². The van der Waals surface area contributed by atoms with Crippen molar-refractivity contribution in [3.05, 3.63) is 40.9 Å². The topological polar surface area (TPSA) is 93.3 Å². The van der Waals surface area contributed by atoms with Crippen molar-refractivity contribution in [3.8, 4) is 11.5 Å². The summed E-state index contributed by atoms with van der Waals surface area (Å²) >= 11 is 1.21. The first-order valence-corrected chi connectivity index (χ1v) is 7.31. The predicted octanol–water partition coefficient (Wildman–Crippen LogP) is 1.52. The molecule has 0 aliphatic carbocycles. The van der Waals surface area contributed by atoms with Gasteiger partial charge in [0, 0.05) is 12.3 Å². The highest BCUT2D eigenvalue weighted by Crippen LogP contribution is 2.29. The number of amides is 1. The van der Waals surface area contributed by atoms with Crippen molar-refractivity contribution in [2.24, 2.45) is 0 Å². The number of carbonyl (C=O) groups excluding carboxylic acids is 1. The summed E-state index contributed by atoms with van der Waals surface area (Å²) in [5, 5.41) is 3.33. The lowest BCUT2D eigenvalue weighted by molar-refractivity contribution is -0.113. The zero-order chi connectivity index (χ0) is 15.9. The van der Waals surface area contributed by atoms with E-state index in [2.05, 4.69) is 15.3 Å². The first-order valence-electron chi connectivity index (χ1n) is 6.32. The molecular formula is C14H15N3O4S. The van der Waals surface area contributed by atoms with E-state index in [1.165, 1.54) is 25.1 Å². The number of benzene rings is 1. The number of aromatic amines is 1. The molecule has 8 heteroatoms. The highest BCUT2D eigenvalue weighted by atomic mass is 32.2.